The number of benzene rings is 2. The maximum absolute atomic E-state index is 12.5. The molecule has 0 radical (unpaired) electrons. The maximum atomic E-state index is 12.5. The number of fused-ring (bicyclic) bond motifs is 2. The van der Waals surface area contributed by atoms with E-state index in [-0.39, 0.29) is 11.0 Å². The van der Waals surface area contributed by atoms with Gasteiger partial charge in [-0.25, -0.2) is 5.10 Å². The van der Waals surface area contributed by atoms with Crippen molar-refractivity contribution < 1.29 is 4.79 Å². The zero-order chi connectivity index (χ0) is 17.4. The number of pyridine rings is 1. The van der Waals surface area contributed by atoms with Crippen molar-refractivity contribution in [2.24, 2.45) is 0 Å². The van der Waals surface area contributed by atoms with Crippen LogP contribution in [0.25, 0.3) is 21.8 Å². The molecule has 4 rings (SSSR count). The smallest absolute Gasteiger partial charge is 0.275 e. The predicted molar refractivity (Wildman–Crippen MR) is 92.7 cm³/mol. The van der Waals surface area contributed by atoms with Crippen LogP contribution in [0.4, 0.5) is 5.69 Å². The average molecular weight is 333 g/mol. The summed E-state index contributed by atoms with van der Waals surface area (Å²) in [6.07, 6.45) is 1.37. The molecule has 0 unspecified atom stereocenters. The van der Waals surface area contributed by atoms with E-state index in [2.05, 4.69) is 25.7 Å². The van der Waals surface area contributed by atoms with Gasteiger partial charge in [-0.2, -0.15) is 0 Å². The molecule has 2 heterocycles. The van der Waals surface area contributed by atoms with Gasteiger partial charge in [0.15, 0.2) is 0 Å². The maximum Gasteiger partial charge on any atom is 0.275 e. The van der Waals surface area contributed by atoms with Crippen molar-refractivity contribution in [1.82, 2.24) is 20.4 Å². The number of H-pyrrole nitrogens is 2. The zero-order valence-corrected chi connectivity index (χ0v) is 12.7. The van der Waals surface area contributed by atoms with E-state index in [0.29, 0.717) is 27.5 Å². The number of anilines is 1. The van der Waals surface area contributed by atoms with Gasteiger partial charge in [-0.15, -0.1) is 5.10 Å². The molecule has 3 N–H and O–H groups in total. The summed E-state index contributed by atoms with van der Waals surface area (Å²) >= 11 is 0. The Labute approximate surface area is 139 Å². The number of hydrogen-bond donors (Lipinski definition) is 3. The second kappa shape index (κ2) is 5.68. The molecular formula is C17H11N5O3. The standard InChI is InChI=1S/C17H11N5O3/c23-15-10-3-1-2-4-13(10)18-8-12(15)16(24)19-9-5-6-14-11(7-9)17(25)21-22-20-14/h1-8H,(H,18,23)(H,19,24)(H,20,21,25). The van der Waals surface area contributed by atoms with Crippen LogP contribution in [0, 0.1) is 0 Å². The molecule has 0 fully saturated rings. The van der Waals surface area contributed by atoms with E-state index in [1.165, 1.54) is 12.3 Å². The molecule has 2 aromatic carbocycles. The number of nitrogens with one attached hydrogen (secondary N) is 3. The molecular weight excluding hydrogens is 322 g/mol. The van der Waals surface area contributed by atoms with Crippen molar-refractivity contribution in [3.63, 3.8) is 0 Å². The van der Waals surface area contributed by atoms with Crippen molar-refractivity contribution in [1.29, 1.82) is 0 Å². The number of rotatable bonds is 2. The van der Waals surface area contributed by atoms with E-state index in [0.717, 1.165) is 0 Å². The van der Waals surface area contributed by atoms with Gasteiger partial charge < -0.3 is 10.3 Å². The summed E-state index contributed by atoms with van der Waals surface area (Å²) in [7, 11) is 0. The van der Waals surface area contributed by atoms with Crippen LogP contribution >= 0.6 is 0 Å². The molecule has 0 aliphatic rings. The molecule has 122 valence electrons. The number of nitrogens with zero attached hydrogens (tertiary/aromatic N) is 2. The van der Waals surface area contributed by atoms with Crippen molar-refractivity contribution in [3.05, 3.63) is 74.8 Å². The SMILES string of the molecule is O=C(Nc1ccc2nn[nH]c(=O)c2c1)c1c[nH]c2ccccc2c1=O. The van der Waals surface area contributed by atoms with E-state index < -0.39 is 11.5 Å². The summed E-state index contributed by atoms with van der Waals surface area (Å²) in [5.74, 6) is -0.565. The minimum absolute atomic E-state index is 0.0134. The van der Waals surface area contributed by atoms with E-state index in [1.807, 2.05) is 0 Å². The Balaban J connectivity index is 1.73. The van der Waals surface area contributed by atoms with E-state index >= 15 is 0 Å². The lowest BCUT2D eigenvalue weighted by Gasteiger charge is -2.06. The number of carbonyl (C=O) groups is 1. The molecule has 0 aliphatic heterocycles. The number of aromatic amines is 2. The molecule has 0 bridgehead atoms. The van der Waals surface area contributed by atoms with Gasteiger partial charge in [0, 0.05) is 22.8 Å². The molecule has 2 aromatic heterocycles. The van der Waals surface area contributed by atoms with Crippen molar-refractivity contribution >= 4 is 33.4 Å². The quantitative estimate of drug-likeness (QED) is 0.512. The van der Waals surface area contributed by atoms with Crippen molar-refractivity contribution in [2.45, 2.75) is 0 Å². The van der Waals surface area contributed by atoms with Crippen LogP contribution in [0.5, 0.6) is 0 Å². The van der Waals surface area contributed by atoms with Gasteiger partial charge in [-0.05, 0) is 30.3 Å². The van der Waals surface area contributed by atoms with Crippen LogP contribution in [-0.2, 0) is 0 Å². The molecule has 8 nitrogen and oxygen atoms in total. The first-order valence-electron chi connectivity index (χ1n) is 7.40. The summed E-state index contributed by atoms with van der Waals surface area (Å²) in [5.41, 5.74) is 0.648. The Morgan fingerprint density at radius 3 is 2.76 bits per heavy atom. The highest BCUT2D eigenvalue weighted by atomic mass is 16.2. The zero-order valence-electron chi connectivity index (χ0n) is 12.7. The summed E-state index contributed by atoms with van der Waals surface area (Å²) in [4.78, 5) is 39.6. The Morgan fingerprint density at radius 1 is 1.04 bits per heavy atom. The van der Waals surface area contributed by atoms with Crippen molar-refractivity contribution in [2.75, 3.05) is 5.32 Å². The third-order valence-corrected chi connectivity index (χ3v) is 3.84. The number of para-hydroxylation sites is 1. The van der Waals surface area contributed by atoms with Crippen LogP contribution in [0.1, 0.15) is 10.4 Å². The topological polar surface area (TPSA) is 121 Å². The normalized spacial score (nSPS) is 10.9. The Hall–Kier alpha value is -3.81. The van der Waals surface area contributed by atoms with Gasteiger partial charge >= 0.3 is 0 Å². The lowest BCUT2D eigenvalue weighted by molar-refractivity contribution is 0.102. The molecule has 0 saturated carbocycles. The third-order valence-electron chi connectivity index (χ3n) is 3.84. The van der Waals surface area contributed by atoms with Crippen LogP contribution in [0.2, 0.25) is 0 Å². The number of carbonyl (C=O) groups excluding carboxylic acids is 1. The van der Waals surface area contributed by atoms with E-state index in [1.54, 1.807) is 36.4 Å². The average Bonchev–Trinajstić information content (AvgIpc) is 2.63. The summed E-state index contributed by atoms with van der Waals surface area (Å²) in [6, 6.07) is 11.6. The van der Waals surface area contributed by atoms with Crippen LogP contribution in [0.15, 0.2) is 58.3 Å². The highest BCUT2D eigenvalue weighted by Gasteiger charge is 2.13. The lowest BCUT2D eigenvalue weighted by atomic mass is 10.1. The molecule has 8 heteroatoms. The van der Waals surface area contributed by atoms with Gasteiger partial charge in [-0.1, -0.05) is 17.3 Å². The molecule has 1 amide bonds. The first-order valence-corrected chi connectivity index (χ1v) is 7.40. The summed E-state index contributed by atoms with van der Waals surface area (Å²) in [6.45, 7) is 0. The number of amides is 1. The van der Waals surface area contributed by atoms with Crippen LogP contribution < -0.4 is 16.3 Å². The monoisotopic (exact) mass is 333 g/mol. The Morgan fingerprint density at radius 2 is 1.88 bits per heavy atom. The van der Waals surface area contributed by atoms with Crippen molar-refractivity contribution in [3.8, 4) is 0 Å². The van der Waals surface area contributed by atoms with E-state index in [4.69, 9.17) is 0 Å². The highest BCUT2D eigenvalue weighted by molar-refractivity contribution is 6.06. The van der Waals surface area contributed by atoms with Crippen LogP contribution in [0.3, 0.4) is 0 Å². The Kier molecular flexibility index (Phi) is 3.35. The highest BCUT2D eigenvalue weighted by Crippen LogP contribution is 2.15. The molecule has 4 aromatic rings. The van der Waals surface area contributed by atoms with Crippen LogP contribution in [-0.4, -0.2) is 26.3 Å². The molecule has 0 spiro atoms. The largest absolute Gasteiger partial charge is 0.360 e. The molecule has 0 atom stereocenters. The first-order chi connectivity index (χ1) is 12.1. The fourth-order valence-electron chi connectivity index (χ4n) is 2.60. The van der Waals surface area contributed by atoms with Gasteiger partial charge in [0.25, 0.3) is 11.5 Å². The predicted octanol–water partition coefficient (Wildman–Crippen LogP) is 1.41. The summed E-state index contributed by atoms with van der Waals surface area (Å²) < 4.78 is 0. The van der Waals surface area contributed by atoms with Gasteiger partial charge in [0.05, 0.1) is 5.39 Å². The third kappa shape index (κ3) is 2.55. The van der Waals surface area contributed by atoms with Gasteiger partial charge in [-0.3, -0.25) is 14.4 Å². The first kappa shape index (κ1) is 14.8. The minimum atomic E-state index is -0.565. The minimum Gasteiger partial charge on any atom is -0.360 e. The molecule has 25 heavy (non-hydrogen) atoms. The second-order valence-corrected chi connectivity index (χ2v) is 5.40. The second-order valence-electron chi connectivity index (χ2n) is 5.40. The Bertz CT molecular complexity index is 1240. The number of aromatic nitrogens is 4. The molecule has 0 aliphatic carbocycles. The van der Waals surface area contributed by atoms with E-state index in [9.17, 15) is 14.4 Å². The van der Waals surface area contributed by atoms with Gasteiger partial charge in [0.1, 0.15) is 11.1 Å². The molecule has 0 saturated heterocycles. The summed E-state index contributed by atoms with van der Waals surface area (Å²) in [5, 5.41) is 12.8. The fraction of sp³-hybridized carbons (Fsp3) is 0. The lowest BCUT2D eigenvalue weighted by Crippen LogP contribution is -2.22. The number of hydrogen-bond acceptors (Lipinski definition) is 5. The fourth-order valence-corrected chi connectivity index (χ4v) is 2.60. The van der Waals surface area contributed by atoms with Gasteiger partial charge in [0.2, 0.25) is 5.43 Å².